The molecule has 0 bridgehead atoms. The van der Waals surface area contributed by atoms with E-state index in [1.165, 1.54) is 0 Å². The lowest BCUT2D eigenvalue weighted by atomic mass is 10.1. The van der Waals surface area contributed by atoms with E-state index in [4.69, 9.17) is 9.47 Å². The summed E-state index contributed by atoms with van der Waals surface area (Å²) in [5, 5.41) is 9.47. The Hall–Kier alpha value is -3.22. The van der Waals surface area contributed by atoms with Gasteiger partial charge in [0.2, 0.25) is 0 Å². The molecule has 0 unspecified atom stereocenters. The number of hydrogen-bond donors (Lipinski definition) is 3. The van der Waals surface area contributed by atoms with Crippen LogP contribution in [0.2, 0.25) is 0 Å². The minimum absolute atomic E-state index is 0.0647. The van der Waals surface area contributed by atoms with E-state index >= 15 is 0 Å². The molecule has 2 rings (SSSR count). The molecular weight excluding hydrogens is 404 g/mol. The van der Waals surface area contributed by atoms with Crippen molar-refractivity contribution in [2.24, 2.45) is 4.99 Å². The molecule has 0 aliphatic carbocycles. The van der Waals surface area contributed by atoms with Gasteiger partial charge >= 0.3 is 0 Å². The number of hydrogen-bond acceptors (Lipinski definition) is 4. The zero-order chi connectivity index (χ0) is 23.2. The lowest BCUT2D eigenvalue weighted by Crippen LogP contribution is -2.38. The second-order valence-electron chi connectivity index (χ2n) is 7.08. The molecule has 0 aliphatic rings. The summed E-state index contributed by atoms with van der Waals surface area (Å²) >= 11 is 0. The summed E-state index contributed by atoms with van der Waals surface area (Å²) in [7, 11) is 0. The maximum Gasteiger partial charge on any atom is 0.251 e. The molecule has 0 saturated heterocycles. The van der Waals surface area contributed by atoms with Gasteiger partial charge in [0.25, 0.3) is 5.91 Å². The molecular formula is C25H36N4O3. The van der Waals surface area contributed by atoms with Crippen LogP contribution in [-0.4, -0.2) is 44.7 Å². The van der Waals surface area contributed by atoms with Gasteiger partial charge in [0.05, 0.1) is 19.8 Å². The fourth-order valence-corrected chi connectivity index (χ4v) is 3.16. The van der Waals surface area contributed by atoms with Gasteiger partial charge < -0.3 is 25.4 Å². The molecule has 2 aromatic carbocycles. The van der Waals surface area contributed by atoms with Gasteiger partial charge in [-0.3, -0.25) is 4.79 Å². The second kappa shape index (κ2) is 14.0. The summed E-state index contributed by atoms with van der Waals surface area (Å²) in [4.78, 5) is 16.7. The summed E-state index contributed by atoms with van der Waals surface area (Å²) in [5.41, 5.74) is 2.80. The Morgan fingerprint density at radius 3 is 2.31 bits per heavy atom. The van der Waals surface area contributed by atoms with Gasteiger partial charge in [-0.2, -0.15) is 0 Å². The first-order valence-corrected chi connectivity index (χ1v) is 11.4. The normalized spacial score (nSPS) is 11.1. The van der Waals surface area contributed by atoms with Crippen molar-refractivity contribution in [3.8, 4) is 11.5 Å². The summed E-state index contributed by atoms with van der Waals surface area (Å²) < 4.78 is 11.4. The van der Waals surface area contributed by atoms with Crippen molar-refractivity contribution in [1.29, 1.82) is 0 Å². The monoisotopic (exact) mass is 440 g/mol. The molecule has 0 atom stereocenters. The molecule has 32 heavy (non-hydrogen) atoms. The van der Waals surface area contributed by atoms with E-state index in [1.54, 1.807) is 0 Å². The van der Waals surface area contributed by atoms with Gasteiger partial charge in [-0.15, -0.1) is 0 Å². The third-order valence-corrected chi connectivity index (χ3v) is 4.60. The highest BCUT2D eigenvalue weighted by molar-refractivity contribution is 5.94. The third-order valence-electron chi connectivity index (χ3n) is 4.60. The maximum atomic E-state index is 12.0. The topological polar surface area (TPSA) is 84.0 Å². The second-order valence-corrected chi connectivity index (χ2v) is 7.08. The molecule has 174 valence electrons. The van der Waals surface area contributed by atoms with Crippen LogP contribution in [-0.2, 0) is 13.0 Å². The van der Waals surface area contributed by atoms with E-state index in [-0.39, 0.29) is 5.91 Å². The quantitative estimate of drug-likeness (QED) is 0.347. The largest absolute Gasteiger partial charge is 0.490 e. The fourth-order valence-electron chi connectivity index (χ4n) is 3.16. The van der Waals surface area contributed by atoms with Crippen LogP contribution in [0.1, 0.15) is 49.2 Å². The molecule has 0 fully saturated rings. The van der Waals surface area contributed by atoms with E-state index in [0.717, 1.165) is 48.1 Å². The first kappa shape index (κ1) is 25.0. The summed E-state index contributed by atoms with van der Waals surface area (Å²) in [6.45, 7) is 11.7. The summed E-state index contributed by atoms with van der Waals surface area (Å²) in [6.07, 6.45) is 0.823. The van der Waals surface area contributed by atoms with Gasteiger partial charge in [0.15, 0.2) is 17.5 Å². The Labute approximate surface area is 191 Å². The smallest absolute Gasteiger partial charge is 0.251 e. The molecule has 0 aliphatic heterocycles. The Balaban J connectivity index is 1.97. The molecule has 0 saturated carbocycles. The molecule has 7 heteroatoms. The number of amides is 1. The van der Waals surface area contributed by atoms with Gasteiger partial charge in [-0.25, -0.2) is 4.99 Å². The van der Waals surface area contributed by atoms with Gasteiger partial charge in [0.1, 0.15) is 0 Å². The predicted octanol–water partition coefficient (Wildman–Crippen LogP) is 3.53. The number of guanidine groups is 1. The Kier molecular flexibility index (Phi) is 10.9. The van der Waals surface area contributed by atoms with Gasteiger partial charge in [-0.05, 0) is 69.5 Å². The first-order chi connectivity index (χ1) is 15.6. The van der Waals surface area contributed by atoms with Crippen molar-refractivity contribution >= 4 is 11.9 Å². The van der Waals surface area contributed by atoms with E-state index in [1.807, 2.05) is 64.1 Å². The predicted molar refractivity (Wildman–Crippen MR) is 130 cm³/mol. The van der Waals surface area contributed by atoms with Crippen LogP contribution in [0.4, 0.5) is 0 Å². The minimum atomic E-state index is -0.0647. The van der Waals surface area contributed by atoms with Crippen LogP contribution < -0.4 is 25.4 Å². The van der Waals surface area contributed by atoms with Crippen LogP contribution in [0.25, 0.3) is 0 Å². The van der Waals surface area contributed by atoms with Crippen LogP contribution in [0.15, 0.2) is 47.5 Å². The number of benzene rings is 2. The van der Waals surface area contributed by atoms with E-state index < -0.39 is 0 Å². The van der Waals surface area contributed by atoms with Crippen molar-refractivity contribution in [3.05, 3.63) is 59.2 Å². The maximum absolute atomic E-state index is 12.0. The van der Waals surface area contributed by atoms with E-state index in [0.29, 0.717) is 31.9 Å². The van der Waals surface area contributed by atoms with Crippen molar-refractivity contribution in [3.63, 3.8) is 0 Å². The minimum Gasteiger partial charge on any atom is -0.490 e. The number of nitrogens with zero attached hydrogens (tertiary/aromatic N) is 1. The molecule has 3 N–H and O–H groups in total. The lowest BCUT2D eigenvalue weighted by Gasteiger charge is -2.14. The molecule has 7 nitrogen and oxygen atoms in total. The van der Waals surface area contributed by atoms with Crippen LogP contribution in [0.3, 0.4) is 0 Å². The number of nitrogens with one attached hydrogen (secondary N) is 3. The number of carbonyl (C=O) groups is 1. The first-order valence-electron chi connectivity index (χ1n) is 11.4. The van der Waals surface area contributed by atoms with Crippen molar-refractivity contribution in [1.82, 2.24) is 16.0 Å². The number of ether oxygens (including phenoxy) is 2. The number of rotatable bonds is 12. The standard InChI is InChI=1S/C25H36N4O3/c1-5-26-24(30)21-11-9-10-20(16-21)18-29-25(27-6-2)28-15-14-19-12-13-22(31-7-3)23(17-19)32-8-4/h9-13,16-17H,5-8,14-15,18H2,1-4H3,(H,26,30)(H2,27,28,29). The van der Waals surface area contributed by atoms with Crippen LogP contribution in [0.5, 0.6) is 11.5 Å². The van der Waals surface area contributed by atoms with Crippen molar-refractivity contribution < 1.29 is 14.3 Å². The highest BCUT2D eigenvalue weighted by atomic mass is 16.5. The molecule has 0 radical (unpaired) electrons. The third kappa shape index (κ3) is 8.13. The SMILES string of the molecule is CCNC(=O)c1cccc(CN=C(NCC)NCCc2ccc(OCC)c(OCC)c2)c1. The molecule has 0 heterocycles. The average Bonchev–Trinajstić information content (AvgIpc) is 2.80. The van der Waals surface area contributed by atoms with Crippen molar-refractivity contribution in [2.45, 2.75) is 40.7 Å². The highest BCUT2D eigenvalue weighted by Gasteiger charge is 2.07. The van der Waals surface area contributed by atoms with Gasteiger partial charge in [-0.1, -0.05) is 18.2 Å². The fraction of sp³-hybridized carbons (Fsp3) is 0.440. The number of aliphatic imine (C=N–C) groups is 1. The molecule has 0 spiro atoms. The Bertz CT molecular complexity index is 883. The Morgan fingerprint density at radius 1 is 0.844 bits per heavy atom. The number of carbonyl (C=O) groups excluding carboxylic acids is 1. The highest BCUT2D eigenvalue weighted by Crippen LogP contribution is 2.28. The summed E-state index contributed by atoms with van der Waals surface area (Å²) in [6, 6.07) is 13.6. The van der Waals surface area contributed by atoms with E-state index in [9.17, 15) is 4.79 Å². The zero-order valence-electron chi connectivity index (χ0n) is 19.7. The Morgan fingerprint density at radius 2 is 1.59 bits per heavy atom. The summed E-state index contributed by atoms with van der Waals surface area (Å²) in [5.74, 6) is 2.23. The van der Waals surface area contributed by atoms with Crippen LogP contribution >= 0.6 is 0 Å². The zero-order valence-corrected chi connectivity index (χ0v) is 19.7. The molecule has 1 amide bonds. The molecule has 0 aromatic heterocycles. The van der Waals surface area contributed by atoms with Gasteiger partial charge in [0, 0.05) is 25.2 Å². The molecule has 2 aromatic rings. The average molecular weight is 441 g/mol. The lowest BCUT2D eigenvalue weighted by molar-refractivity contribution is 0.0955. The van der Waals surface area contributed by atoms with E-state index in [2.05, 4.69) is 27.0 Å². The van der Waals surface area contributed by atoms with Crippen LogP contribution in [0, 0.1) is 0 Å². The van der Waals surface area contributed by atoms with Crippen molar-refractivity contribution in [2.75, 3.05) is 32.8 Å².